The lowest BCUT2D eigenvalue weighted by atomic mass is 10.1. The van der Waals surface area contributed by atoms with Crippen molar-refractivity contribution in [2.45, 2.75) is 45.1 Å². The molecule has 1 fully saturated rings. The van der Waals surface area contributed by atoms with E-state index < -0.39 is 24.0 Å². The van der Waals surface area contributed by atoms with E-state index in [1.165, 1.54) is 4.90 Å². The van der Waals surface area contributed by atoms with Crippen molar-refractivity contribution in [2.75, 3.05) is 19.7 Å². The van der Waals surface area contributed by atoms with Gasteiger partial charge in [-0.15, -0.1) is 6.42 Å². The maximum Gasteiger partial charge on any atom is 0.410 e. The van der Waals surface area contributed by atoms with Crippen molar-refractivity contribution < 1.29 is 18.7 Å². The maximum atomic E-state index is 13.8. The lowest BCUT2D eigenvalue weighted by Gasteiger charge is -2.35. The van der Waals surface area contributed by atoms with Crippen molar-refractivity contribution in [1.29, 1.82) is 0 Å². The molecule has 1 rings (SSSR count). The summed E-state index contributed by atoms with van der Waals surface area (Å²) in [6.45, 7) is 5.84. The third kappa shape index (κ3) is 4.53. The van der Waals surface area contributed by atoms with Crippen molar-refractivity contribution in [2.24, 2.45) is 0 Å². The number of carbonyl (C=O) groups excluding carboxylic acids is 1. The van der Waals surface area contributed by atoms with Crippen LogP contribution in [0.1, 0.15) is 27.2 Å². The molecular weight excluding hydrogens is 237 g/mol. The van der Waals surface area contributed by atoms with Gasteiger partial charge in [-0.3, -0.25) is 0 Å². The van der Waals surface area contributed by atoms with E-state index in [0.717, 1.165) is 0 Å². The lowest BCUT2D eigenvalue weighted by Crippen LogP contribution is -2.49. The third-order valence-corrected chi connectivity index (χ3v) is 2.51. The van der Waals surface area contributed by atoms with Crippen LogP contribution in [0.15, 0.2) is 0 Å². The van der Waals surface area contributed by atoms with E-state index >= 15 is 0 Å². The second-order valence-corrected chi connectivity index (χ2v) is 5.28. The summed E-state index contributed by atoms with van der Waals surface area (Å²) in [6, 6.07) is 0. The number of nitrogens with zero attached hydrogens (tertiary/aromatic N) is 1. The molecule has 1 heterocycles. The highest BCUT2D eigenvalue weighted by atomic mass is 19.1. The molecule has 0 unspecified atom stereocenters. The molecule has 0 saturated carbocycles. The number of terminal acetylenes is 1. The zero-order valence-corrected chi connectivity index (χ0v) is 11.1. The van der Waals surface area contributed by atoms with E-state index in [2.05, 4.69) is 5.92 Å². The number of piperidine rings is 1. The zero-order valence-electron chi connectivity index (χ0n) is 11.1. The van der Waals surface area contributed by atoms with Crippen LogP contribution in [0, 0.1) is 12.3 Å². The Morgan fingerprint density at radius 2 is 2.22 bits per heavy atom. The van der Waals surface area contributed by atoms with Crippen LogP contribution in [0.2, 0.25) is 0 Å². The summed E-state index contributed by atoms with van der Waals surface area (Å²) in [4.78, 5) is 13.1. The SMILES string of the molecule is C#CCO[C@@H]1CCN(C(=O)OC(C)(C)C)C[C@@H]1F. The van der Waals surface area contributed by atoms with Crippen LogP contribution >= 0.6 is 0 Å². The lowest BCUT2D eigenvalue weighted by molar-refractivity contribution is -0.0423. The number of hydrogen-bond donors (Lipinski definition) is 0. The minimum absolute atomic E-state index is 0.00977. The standard InChI is InChI=1S/C13H20FNO3/c1-5-8-17-11-6-7-15(9-10(11)14)12(16)18-13(2,3)4/h1,10-11H,6-9H2,2-4H3/t10-,11+/m0/s1. The fourth-order valence-electron chi connectivity index (χ4n) is 1.72. The molecule has 0 radical (unpaired) electrons. The normalized spacial score (nSPS) is 24.5. The topological polar surface area (TPSA) is 38.8 Å². The van der Waals surface area contributed by atoms with Gasteiger partial charge in [-0.05, 0) is 27.2 Å². The molecule has 0 aromatic heterocycles. The molecule has 18 heavy (non-hydrogen) atoms. The molecule has 5 heteroatoms. The van der Waals surface area contributed by atoms with Gasteiger partial charge >= 0.3 is 6.09 Å². The van der Waals surface area contributed by atoms with Gasteiger partial charge < -0.3 is 14.4 Å². The molecule has 1 aliphatic heterocycles. The number of alkyl halides is 1. The predicted molar refractivity (Wildman–Crippen MR) is 65.9 cm³/mol. The monoisotopic (exact) mass is 257 g/mol. The Bertz CT molecular complexity index is 332. The first-order valence-corrected chi connectivity index (χ1v) is 6.00. The van der Waals surface area contributed by atoms with E-state index in [1.54, 1.807) is 20.8 Å². The summed E-state index contributed by atoms with van der Waals surface area (Å²) >= 11 is 0. The third-order valence-electron chi connectivity index (χ3n) is 2.51. The molecule has 2 atom stereocenters. The molecule has 0 N–H and O–H groups in total. The Morgan fingerprint density at radius 1 is 1.56 bits per heavy atom. The number of carbonyl (C=O) groups is 1. The van der Waals surface area contributed by atoms with Gasteiger partial charge in [0.1, 0.15) is 18.4 Å². The molecule has 0 aromatic rings. The van der Waals surface area contributed by atoms with Crippen LogP contribution in [-0.2, 0) is 9.47 Å². The van der Waals surface area contributed by atoms with Gasteiger partial charge in [0, 0.05) is 6.54 Å². The first-order chi connectivity index (χ1) is 8.33. The Labute approximate surface area is 107 Å². The van der Waals surface area contributed by atoms with Crippen LogP contribution in [0.4, 0.5) is 9.18 Å². The van der Waals surface area contributed by atoms with Crippen molar-refractivity contribution in [3.63, 3.8) is 0 Å². The van der Waals surface area contributed by atoms with Crippen LogP contribution in [0.5, 0.6) is 0 Å². The van der Waals surface area contributed by atoms with Crippen LogP contribution < -0.4 is 0 Å². The van der Waals surface area contributed by atoms with Gasteiger partial charge in [-0.1, -0.05) is 5.92 Å². The number of ether oxygens (including phenoxy) is 2. The van der Waals surface area contributed by atoms with Gasteiger partial charge in [-0.25, -0.2) is 9.18 Å². The minimum atomic E-state index is -1.22. The molecule has 1 amide bonds. The van der Waals surface area contributed by atoms with E-state index in [4.69, 9.17) is 15.9 Å². The van der Waals surface area contributed by atoms with Crippen LogP contribution in [-0.4, -0.2) is 48.6 Å². The fraction of sp³-hybridized carbons (Fsp3) is 0.769. The highest BCUT2D eigenvalue weighted by Crippen LogP contribution is 2.19. The molecule has 4 nitrogen and oxygen atoms in total. The van der Waals surface area contributed by atoms with Crippen LogP contribution in [0.3, 0.4) is 0 Å². The van der Waals surface area contributed by atoms with E-state index in [-0.39, 0.29) is 13.2 Å². The largest absolute Gasteiger partial charge is 0.444 e. The molecule has 0 aromatic carbocycles. The average Bonchev–Trinajstić information content (AvgIpc) is 2.25. The molecule has 0 spiro atoms. The van der Waals surface area contributed by atoms with Gasteiger partial charge in [0.2, 0.25) is 0 Å². The summed E-state index contributed by atoms with van der Waals surface area (Å²) < 4.78 is 24.1. The Morgan fingerprint density at radius 3 is 2.72 bits per heavy atom. The number of rotatable bonds is 2. The van der Waals surface area contributed by atoms with Gasteiger partial charge in [0.05, 0.1) is 12.6 Å². The van der Waals surface area contributed by atoms with Crippen molar-refractivity contribution in [3.8, 4) is 12.3 Å². The molecule has 1 saturated heterocycles. The highest BCUT2D eigenvalue weighted by molar-refractivity contribution is 5.68. The smallest absolute Gasteiger partial charge is 0.410 e. The van der Waals surface area contributed by atoms with Gasteiger partial charge in [0.15, 0.2) is 0 Å². The summed E-state index contributed by atoms with van der Waals surface area (Å²) in [7, 11) is 0. The molecule has 102 valence electrons. The second-order valence-electron chi connectivity index (χ2n) is 5.28. The first kappa shape index (κ1) is 14.8. The van der Waals surface area contributed by atoms with Crippen molar-refractivity contribution in [1.82, 2.24) is 4.90 Å². The van der Waals surface area contributed by atoms with Gasteiger partial charge in [0.25, 0.3) is 0 Å². The number of amides is 1. The van der Waals surface area contributed by atoms with E-state index in [1.807, 2.05) is 0 Å². The Kier molecular flexibility index (Phi) is 4.97. The molecule has 0 aliphatic carbocycles. The minimum Gasteiger partial charge on any atom is -0.444 e. The maximum absolute atomic E-state index is 13.8. The molecule has 1 aliphatic rings. The van der Waals surface area contributed by atoms with E-state index in [9.17, 15) is 9.18 Å². The zero-order chi connectivity index (χ0) is 13.8. The van der Waals surface area contributed by atoms with Crippen molar-refractivity contribution >= 4 is 6.09 Å². The Balaban J connectivity index is 2.45. The summed E-state index contributed by atoms with van der Waals surface area (Å²) in [5, 5.41) is 0. The van der Waals surface area contributed by atoms with Crippen LogP contribution in [0.25, 0.3) is 0 Å². The number of halogens is 1. The molecule has 0 bridgehead atoms. The number of hydrogen-bond acceptors (Lipinski definition) is 3. The summed E-state index contributed by atoms with van der Waals surface area (Å²) in [5.41, 5.74) is -0.570. The highest BCUT2D eigenvalue weighted by Gasteiger charge is 2.33. The quantitative estimate of drug-likeness (QED) is 0.710. The average molecular weight is 257 g/mol. The fourth-order valence-corrected chi connectivity index (χ4v) is 1.72. The second kappa shape index (κ2) is 6.05. The van der Waals surface area contributed by atoms with Crippen molar-refractivity contribution in [3.05, 3.63) is 0 Å². The number of likely N-dealkylation sites (tertiary alicyclic amines) is 1. The summed E-state index contributed by atoms with van der Waals surface area (Å²) in [6.07, 6.45) is 3.25. The first-order valence-electron chi connectivity index (χ1n) is 6.00. The van der Waals surface area contributed by atoms with E-state index in [0.29, 0.717) is 13.0 Å². The predicted octanol–water partition coefficient (Wildman–Crippen LogP) is 1.98. The Hall–Kier alpha value is -1.28. The molecular formula is C13H20FNO3. The summed E-state index contributed by atoms with van der Waals surface area (Å²) in [5.74, 6) is 2.31. The van der Waals surface area contributed by atoms with Gasteiger partial charge in [-0.2, -0.15) is 0 Å².